The molecule has 2 aromatic rings. The number of nitrogens with two attached hydrogens (primary N) is 1. The summed E-state index contributed by atoms with van der Waals surface area (Å²) < 4.78 is 0. The zero-order valence-electron chi connectivity index (χ0n) is 9.58. The van der Waals surface area contributed by atoms with Crippen LogP contribution in [0.3, 0.4) is 0 Å². The van der Waals surface area contributed by atoms with Gasteiger partial charge in [0.05, 0.1) is 0 Å². The van der Waals surface area contributed by atoms with Crippen molar-refractivity contribution in [3.8, 4) is 11.1 Å². The largest absolute Gasteiger partial charge is 0.488 e. The summed E-state index contributed by atoms with van der Waals surface area (Å²) in [5.41, 5.74) is 7.63. The van der Waals surface area contributed by atoms with Gasteiger partial charge in [-0.2, -0.15) is 0 Å². The van der Waals surface area contributed by atoms with Crippen LogP contribution in [0.25, 0.3) is 11.1 Å². The molecule has 0 bridgehead atoms. The van der Waals surface area contributed by atoms with Gasteiger partial charge in [-0.3, -0.25) is 4.79 Å². The first-order chi connectivity index (χ1) is 8.58. The van der Waals surface area contributed by atoms with E-state index in [9.17, 15) is 4.79 Å². The molecule has 90 valence electrons. The van der Waals surface area contributed by atoms with Gasteiger partial charge < -0.3 is 15.8 Å². The van der Waals surface area contributed by atoms with Crippen LogP contribution in [-0.4, -0.2) is 23.1 Å². The van der Waals surface area contributed by atoms with E-state index in [4.69, 9.17) is 15.8 Å². The van der Waals surface area contributed by atoms with Crippen molar-refractivity contribution in [2.24, 2.45) is 5.73 Å². The molecule has 0 aliphatic rings. The molecular weight excluding hydrogens is 229 g/mol. The number of carbonyl (C=O) groups excluding carboxylic acids is 1. The Morgan fingerprint density at radius 1 is 1.00 bits per heavy atom. The Kier molecular flexibility index (Phi) is 3.46. The van der Waals surface area contributed by atoms with E-state index in [1.807, 2.05) is 12.1 Å². The molecule has 0 atom stereocenters. The number of benzene rings is 2. The van der Waals surface area contributed by atoms with Gasteiger partial charge in [-0.25, -0.2) is 0 Å². The van der Waals surface area contributed by atoms with Crippen molar-refractivity contribution in [2.75, 3.05) is 0 Å². The van der Waals surface area contributed by atoms with Crippen molar-refractivity contribution in [1.82, 2.24) is 0 Å². The third-order valence-electron chi connectivity index (χ3n) is 2.67. The van der Waals surface area contributed by atoms with Gasteiger partial charge in [-0.15, -0.1) is 0 Å². The highest BCUT2D eigenvalue weighted by Crippen LogP contribution is 2.19. The second-order valence-electron chi connectivity index (χ2n) is 3.94. The maximum absolute atomic E-state index is 11.1. The average molecular weight is 241 g/mol. The molecule has 0 saturated heterocycles. The van der Waals surface area contributed by atoms with E-state index >= 15 is 0 Å². The fourth-order valence-corrected chi connectivity index (χ4v) is 1.73. The molecule has 4 nitrogen and oxygen atoms in total. The summed E-state index contributed by atoms with van der Waals surface area (Å²) >= 11 is 0. The first-order valence-corrected chi connectivity index (χ1v) is 5.44. The first kappa shape index (κ1) is 12.4. The lowest BCUT2D eigenvalue weighted by Crippen LogP contribution is -2.29. The Hall–Kier alpha value is -2.11. The fourth-order valence-electron chi connectivity index (χ4n) is 1.73. The van der Waals surface area contributed by atoms with E-state index in [0.29, 0.717) is 11.0 Å². The number of rotatable bonds is 3. The lowest BCUT2D eigenvalue weighted by molar-refractivity contribution is 0.100. The maximum Gasteiger partial charge on any atom is 0.488 e. The monoisotopic (exact) mass is 241 g/mol. The van der Waals surface area contributed by atoms with Crippen molar-refractivity contribution >= 4 is 18.5 Å². The summed E-state index contributed by atoms with van der Waals surface area (Å²) in [5.74, 6) is -0.491. The molecule has 0 radical (unpaired) electrons. The Balaban J connectivity index is 2.45. The van der Waals surface area contributed by atoms with Crippen molar-refractivity contribution in [2.45, 2.75) is 0 Å². The van der Waals surface area contributed by atoms with Gasteiger partial charge in [0, 0.05) is 5.56 Å². The third-order valence-corrected chi connectivity index (χ3v) is 2.67. The molecule has 0 aliphatic heterocycles. The van der Waals surface area contributed by atoms with Crippen LogP contribution in [0.2, 0.25) is 0 Å². The summed E-state index contributed by atoms with van der Waals surface area (Å²) in [6.07, 6.45) is 0. The minimum Gasteiger partial charge on any atom is -0.423 e. The molecule has 0 fully saturated rings. The smallest absolute Gasteiger partial charge is 0.423 e. The van der Waals surface area contributed by atoms with E-state index in [2.05, 4.69) is 0 Å². The molecule has 0 saturated carbocycles. The van der Waals surface area contributed by atoms with Gasteiger partial charge in [0.1, 0.15) is 0 Å². The number of primary amides is 1. The Bertz CT molecular complexity index is 584. The lowest BCUT2D eigenvalue weighted by Gasteiger charge is -2.06. The van der Waals surface area contributed by atoms with Gasteiger partial charge in [-0.05, 0) is 28.7 Å². The molecule has 0 heterocycles. The van der Waals surface area contributed by atoms with E-state index in [-0.39, 0.29) is 0 Å². The van der Waals surface area contributed by atoms with Crippen LogP contribution in [0.15, 0.2) is 48.5 Å². The molecule has 18 heavy (non-hydrogen) atoms. The summed E-state index contributed by atoms with van der Waals surface area (Å²) in [5, 5.41) is 18.2. The van der Waals surface area contributed by atoms with Gasteiger partial charge in [0.25, 0.3) is 0 Å². The van der Waals surface area contributed by atoms with Crippen molar-refractivity contribution in [3.63, 3.8) is 0 Å². The summed E-state index contributed by atoms with van der Waals surface area (Å²) in [4.78, 5) is 11.1. The number of hydrogen-bond donors (Lipinski definition) is 3. The second-order valence-corrected chi connectivity index (χ2v) is 3.94. The average Bonchev–Trinajstić information content (AvgIpc) is 2.39. The molecular formula is C13H12BNO3. The molecule has 2 aromatic carbocycles. The van der Waals surface area contributed by atoms with E-state index in [1.165, 1.54) is 0 Å². The van der Waals surface area contributed by atoms with E-state index in [0.717, 1.165) is 11.1 Å². The minimum absolute atomic E-state index is 0.400. The van der Waals surface area contributed by atoms with Crippen LogP contribution in [0.4, 0.5) is 0 Å². The number of carbonyl (C=O) groups is 1. The van der Waals surface area contributed by atoms with Crippen LogP contribution in [-0.2, 0) is 0 Å². The topological polar surface area (TPSA) is 83.6 Å². The zero-order valence-corrected chi connectivity index (χ0v) is 9.58. The molecule has 4 N–H and O–H groups in total. The molecule has 0 aliphatic carbocycles. The molecule has 0 unspecified atom stereocenters. The highest BCUT2D eigenvalue weighted by Gasteiger charge is 2.11. The highest BCUT2D eigenvalue weighted by atomic mass is 16.4. The Labute approximate surface area is 105 Å². The molecule has 1 amide bonds. The molecule has 5 heteroatoms. The van der Waals surface area contributed by atoms with Gasteiger partial charge in [-0.1, -0.05) is 36.4 Å². The normalized spacial score (nSPS) is 10.1. The van der Waals surface area contributed by atoms with Gasteiger partial charge in [0.15, 0.2) is 0 Å². The van der Waals surface area contributed by atoms with E-state index in [1.54, 1.807) is 36.4 Å². The van der Waals surface area contributed by atoms with Crippen LogP contribution in [0.5, 0.6) is 0 Å². The van der Waals surface area contributed by atoms with Crippen LogP contribution >= 0.6 is 0 Å². The first-order valence-electron chi connectivity index (χ1n) is 5.44. The zero-order chi connectivity index (χ0) is 13.1. The van der Waals surface area contributed by atoms with Crippen molar-refractivity contribution in [1.29, 1.82) is 0 Å². The summed E-state index contributed by atoms with van der Waals surface area (Å²) in [6, 6.07) is 13.7. The lowest BCUT2D eigenvalue weighted by atomic mass is 9.79. The summed E-state index contributed by atoms with van der Waals surface area (Å²) in [7, 11) is -1.51. The predicted molar refractivity (Wildman–Crippen MR) is 70.2 cm³/mol. The summed E-state index contributed by atoms with van der Waals surface area (Å²) in [6.45, 7) is 0. The second kappa shape index (κ2) is 5.04. The van der Waals surface area contributed by atoms with Crippen LogP contribution in [0.1, 0.15) is 10.4 Å². The van der Waals surface area contributed by atoms with Gasteiger partial charge in [0.2, 0.25) is 5.91 Å². The predicted octanol–water partition coefficient (Wildman–Crippen LogP) is 0.132. The maximum atomic E-state index is 11.1. The quantitative estimate of drug-likeness (QED) is 0.668. The van der Waals surface area contributed by atoms with Crippen molar-refractivity contribution < 1.29 is 14.8 Å². The Morgan fingerprint density at radius 3 is 2.22 bits per heavy atom. The minimum atomic E-state index is -1.51. The van der Waals surface area contributed by atoms with Crippen LogP contribution < -0.4 is 11.2 Å². The van der Waals surface area contributed by atoms with E-state index < -0.39 is 13.0 Å². The molecule has 2 rings (SSSR count). The van der Waals surface area contributed by atoms with Crippen molar-refractivity contribution in [3.05, 3.63) is 54.1 Å². The highest BCUT2D eigenvalue weighted by molar-refractivity contribution is 6.58. The molecule has 0 aromatic heterocycles. The SMILES string of the molecule is NC(=O)c1cccc(-c2cccc(B(O)O)c2)c1. The van der Waals surface area contributed by atoms with Crippen LogP contribution in [0, 0.1) is 0 Å². The standard InChI is InChI=1S/C13H12BNO3/c15-13(16)11-5-1-3-9(7-11)10-4-2-6-12(8-10)14(17)18/h1-8,17-18H,(H2,15,16). The van der Waals surface area contributed by atoms with Gasteiger partial charge >= 0.3 is 7.12 Å². The number of amides is 1. The fraction of sp³-hybridized carbons (Fsp3) is 0. The molecule has 0 spiro atoms. The Morgan fingerprint density at radius 2 is 1.61 bits per heavy atom. The number of hydrogen-bond acceptors (Lipinski definition) is 3. The third kappa shape index (κ3) is 2.59.